The van der Waals surface area contributed by atoms with Gasteiger partial charge in [0.2, 0.25) is 12.5 Å². The number of halogens is 1. The van der Waals surface area contributed by atoms with E-state index >= 15 is 0 Å². The number of amides is 2. The maximum atomic E-state index is 12.0. The molecule has 0 radical (unpaired) electrons. The predicted octanol–water partition coefficient (Wildman–Crippen LogP) is 2.01. The Bertz CT molecular complexity index is 692. The molecule has 114 valence electrons. The first-order chi connectivity index (χ1) is 10.5. The van der Waals surface area contributed by atoms with Crippen LogP contribution in [-0.4, -0.2) is 17.0 Å². The molecule has 2 rings (SSSR count). The Hall–Kier alpha value is -2.44. The summed E-state index contributed by atoms with van der Waals surface area (Å²) in [7, 11) is 0. The van der Waals surface area contributed by atoms with Crippen LogP contribution in [0.25, 0.3) is 0 Å². The Morgan fingerprint density at radius 3 is 2.55 bits per heavy atom. The lowest BCUT2D eigenvalue weighted by Crippen LogP contribution is -2.43. The van der Waals surface area contributed by atoms with Gasteiger partial charge in [0.1, 0.15) is 0 Å². The third-order valence-electron chi connectivity index (χ3n) is 2.84. The van der Waals surface area contributed by atoms with Gasteiger partial charge < -0.3 is 5.32 Å². The van der Waals surface area contributed by atoms with Crippen LogP contribution < -0.4 is 14.9 Å². The Balaban J connectivity index is 2.12. The zero-order valence-electron chi connectivity index (χ0n) is 11.9. The molecule has 0 unspecified atom stereocenters. The van der Waals surface area contributed by atoms with E-state index < -0.39 is 5.91 Å². The molecule has 2 N–H and O–H groups in total. The molecule has 0 spiro atoms. The first kappa shape index (κ1) is 15.9. The van der Waals surface area contributed by atoms with Crippen LogP contribution in [0.1, 0.15) is 6.92 Å². The number of benzene rings is 1. The molecule has 0 aliphatic rings. The van der Waals surface area contributed by atoms with Crippen molar-refractivity contribution in [2.45, 2.75) is 13.5 Å². The molecule has 0 atom stereocenters. The fourth-order valence-corrected chi connectivity index (χ4v) is 2.06. The number of carbonyl (C=O) groups is 2. The van der Waals surface area contributed by atoms with Gasteiger partial charge in [-0.25, -0.2) is 0 Å². The van der Waals surface area contributed by atoms with Crippen LogP contribution in [0.2, 0.25) is 5.02 Å². The molecule has 0 saturated carbocycles. The minimum absolute atomic E-state index is 0.0115. The normalized spacial score (nSPS) is 10.1. The lowest BCUT2D eigenvalue weighted by molar-refractivity contribution is -0.684. The van der Waals surface area contributed by atoms with Crippen molar-refractivity contribution in [3.05, 3.63) is 53.8 Å². The van der Waals surface area contributed by atoms with Gasteiger partial charge in [-0.15, -0.1) is 0 Å². The number of carbonyl (C=O) groups excluding carboxylic acids is 2. The van der Waals surface area contributed by atoms with Crippen LogP contribution in [0.4, 0.5) is 11.4 Å². The monoisotopic (exact) mass is 320 g/mol. The molecule has 0 bridgehead atoms. The van der Waals surface area contributed by atoms with E-state index in [4.69, 9.17) is 11.6 Å². The molecule has 0 aliphatic carbocycles. The number of hydrogen-bond donors (Lipinski definition) is 2. The highest BCUT2D eigenvalue weighted by molar-refractivity contribution is 6.34. The van der Waals surface area contributed by atoms with Gasteiger partial charge in [-0.05, 0) is 18.2 Å². The molecular formula is C15H15ClN3O3+. The molecule has 2 amide bonds. The molecule has 1 heterocycles. The zero-order chi connectivity index (χ0) is 16.1. The van der Waals surface area contributed by atoms with Crippen molar-refractivity contribution in [3.63, 3.8) is 0 Å². The summed E-state index contributed by atoms with van der Waals surface area (Å²) in [6.07, 6.45) is 3.44. The first-order valence-corrected chi connectivity index (χ1v) is 6.88. The highest BCUT2D eigenvalue weighted by atomic mass is 35.5. The van der Waals surface area contributed by atoms with E-state index in [2.05, 4.69) is 5.32 Å². The Morgan fingerprint density at radius 2 is 1.95 bits per heavy atom. The average molecular weight is 321 g/mol. The second kappa shape index (κ2) is 7.02. The summed E-state index contributed by atoms with van der Waals surface area (Å²) in [5, 5.41) is 13.3. The van der Waals surface area contributed by atoms with E-state index in [0.29, 0.717) is 10.8 Å². The van der Waals surface area contributed by atoms with Crippen molar-refractivity contribution in [2.75, 3.05) is 10.4 Å². The molecular weight excluding hydrogens is 306 g/mol. The van der Waals surface area contributed by atoms with Crippen LogP contribution in [0.3, 0.4) is 0 Å². The minimum Gasteiger partial charge on any atom is -0.325 e. The van der Waals surface area contributed by atoms with Crippen molar-refractivity contribution in [3.8, 4) is 0 Å². The molecule has 1 aromatic carbocycles. The summed E-state index contributed by atoms with van der Waals surface area (Å²) in [6, 6.07) is 9.82. The molecule has 1 aromatic heterocycles. The first-order valence-electron chi connectivity index (χ1n) is 6.50. The summed E-state index contributed by atoms with van der Waals surface area (Å²) < 4.78 is 1.64. The van der Waals surface area contributed by atoms with Crippen LogP contribution >= 0.6 is 11.6 Å². The van der Waals surface area contributed by atoms with E-state index in [1.807, 2.05) is 6.07 Å². The van der Waals surface area contributed by atoms with Crippen molar-refractivity contribution < 1.29 is 19.4 Å². The topological polar surface area (TPSA) is 73.5 Å². The van der Waals surface area contributed by atoms with Crippen molar-refractivity contribution in [1.82, 2.24) is 0 Å². The van der Waals surface area contributed by atoms with Gasteiger partial charge in [-0.1, -0.05) is 17.7 Å². The quantitative estimate of drug-likeness (QED) is 0.514. The summed E-state index contributed by atoms with van der Waals surface area (Å²) in [5.74, 6) is -0.772. The maximum absolute atomic E-state index is 12.0. The van der Waals surface area contributed by atoms with Gasteiger partial charge in [-0.3, -0.25) is 14.8 Å². The third kappa shape index (κ3) is 4.03. The van der Waals surface area contributed by atoms with Crippen LogP contribution in [0, 0.1) is 0 Å². The van der Waals surface area contributed by atoms with Gasteiger partial charge >= 0.3 is 5.91 Å². The van der Waals surface area contributed by atoms with Gasteiger partial charge in [0.05, 0.1) is 16.4 Å². The lowest BCUT2D eigenvalue weighted by atomic mass is 10.2. The van der Waals surface area contributed by atoms with Gasteiger partial charge in [-0.2, -0.15) is 9.63 Å². The smallest absolute Gasteiger partial charge is 0.316 e. The largest absolute Gasteiger partial charge is 0.325 e. The van der Waals surface area contributed by atoms with Gasteiger partial charge in [0.25, 0.3) is 0 Å². The Morgan fingerprint density at radius 1 is 1.27 bits per heavy atom. The molecule has 0 fully saturated rings. The second-order valence-corrected chi connectivity index (χ2v) is 5.01. The minimum atomic E-state index is -0.514. The summed E-state index contributed by atoms with van der Waals surface area (Å²) in [4.78, 5) is 23.0. The third-order valence-corrected chi connectivity index (χ3v) is 3.15. The number of anilines is 2. The van der Waals surface area contributed by atoms with Crippen LogP contribution in [-0.2, 0) is 16.1 Å². The number of nitrogens with one attached hydrogen (secondary N) is 1. The summed E-state index contributed by atoms with van der Waals surface area (Å²) in [6.45, 7) is 1.35. The second-order valence-electron chi connectivity index (χ2n) is 4.60. The molecule has 6 nitrogen and oxygen atoms in total. The van der Waals surface area contributed by atoms with Gasteiger partial charge in [0, 0.05) is 19.1 Å². The maximum Gasteiger partial charge on any atom is 0.316 e. The van der Waals surface area contributed by atoms with Crippen molar-refractivity contribution in [1.29, 1.82) is 0 Å². The van der Waals surface area contributed by atoms with Gasteiger partial charge in [0.15, 0.2) is 12.4 Å². The Kier molecular flexibility index (Phi) is 5.08. The lowest BCUT2D eigenvalue weighted by Gasteiger charge is -2.15. The predicted molar refractivity (Wildman–Crippen MR) is 81.7 cm³/mol. The SMILES string of the molecule is CC(=O)Nc1ccc(N(O)C(=O)C[n+]2ccccc2)cc1Cl. The average Bonchev–Trinajstić information content (AvgIpc) is 2.49. The van der Waals surface area contributed by atoms with E-state index in [0.717, 1.165) is 0 Å². The highest BCUT2D eigenvalue weighted by Crippen LogP contribution is 2.27. The van der Waals surface area contributed by atoms with E-state index in [9.17, 15) is 14.8 Å². The zero-order valence-corrected chi connectivity index (χ0v) is 12.6. The molecule has 22 heavy (non-hydrogen) atoms. The summed E-state index contributed by atoms with van der Waals surface area (Å²) >= 11 is 6.01. The fraction of sp³-hybridized carbons (Fsp3) is 0.133. The fourth-order valence-electron chi connectivity index (χ4n) is 1.83. The standard InChI is InChI=1S/C15H14ClN3O3/c1-11(20)17-14-6-5-12(9-13(14)16)19(22)15(21)10-18-7-3-2-4-8-18/h2-9,22H,10H2,1H3/p+1. The molecule has 2 aromatic rings. The molecule has 7 heteroatoms. The Labute approximate surface area is 132 Å². The highest BCUT2D eigenvalue weighted by Gasteiger charge is 2.18. The molecule has 0 aliphatic heterocycles. The number of nitrogens with zero attached hydrogens (tertiary/aromatic N) is 2. The van der Waals surface area contributed by atoms with Crippen molar-refractivity contribution in [2.24, 2.45) is 0 Å². The van der Waals surface area contributed by atoms with Crippen LogP contribution in [0.5, 0.6) is 0 Å². The summed E-state index contributed by atoms with van der Waals surface area (Å²) in [5.41, 5.74) is 0.636. The number of hydroxylamine groups is 1. The number of hydrogen-bond acceptors (Lipinski definition) is 3. The molecule has 0 saturated heterocycles. The number of pyridine rings is 1. The van der Waals surface area contributed by atoms with Crippen LogP contribution in [0.15, 0.2) is 48.8 Å². The van der Waals surface area contributed by atoms with E-state index in [1.165, 1.54) is 25.1 Å². The van der Waals surface area contributed by atoms with E-state index in [-0.39, 0.29) is 23.2 Å². The number of aromatic nitrogens is 1. The van der Waals surface area contributed by atoms with E-state index in [1.54, 1.807) is 29.1 Å². The number of rotatable bonds is 4. The van der Waals surface area contributed by atoms with Crippen molar-refractivity contribution >= 4 is 34.8 Å².